The van der Waals surface area contributed by atoms with Gasteiger partial charge in [0.25, 0.3) is 0 Å². The molecule has 0 bridgehead atoms. The molecule has 0 saturated carbocycles. The number of halogens is 4. The Labute approximate surface area is 141 Å². The van der Waals surface area contributed by atoms with E-state index in [1.54, 1.807) is 12.1 Å². The van der Waals surface area contributed by atoms with Gasteiger partial charge in [-0.05, 0) is 55.6 Å². The molecular weight excluding hydrogens is 323 g/mol. The van der Waals surface area contributed by atoms with Crippen molar-refractivity contribution in [3.8, 4) is 0 Å². The summed E-state index contributed by atoms with van der Waals surface area (Å²) in [5, 5.41) is 3.13. The van der Waals surface area contributed by atoms with Gasteiger partial charge in [0.2, 0.25) is 0 Å². The van der Waals surface area contributed by atoms with Crippen LogP contribution in [0.2, 0.25) is 0 Å². The lowest BCUT2D eigenvalue weighted by molar-refractivity contribution is -0.137. The number of rotatable bonds is 6. The summed E-state index contributed by atoms with van der Waals surface area (Å²) in [6.45, 7) is 0.875. The van der Waals surface area contributed by atoms with Crippen LogP contribution in [0.25, 0.3) is 0 Å². The van der Waals surface area contributed by atoms with Crippen molar-refractivity contribution < 1.29 is 13.2 Å². The largest absolute Gasteiger partial charge is 0.416 e. The molecule has 2 aromatic carbocycles. The monoisotopic (exact) mass is 343 g/mol. The highest BCUT2D eigenvalue weighted by atomic mass is 35.5. The molecule has 2 rings (SSSR count). The fraction of sp³-hybridized carbons (Fsp3) is 0.333. The second kappa shape index (κ2) is 8.94. The highest BCUT2D eigenvalue weighted by Gasteiger charge is 2.30. The second-order valence-corrected chi connectivity index (χ2v) is 5.40. The Morgan fingerprint density at radius 2 is 1.57 bits per heavy atom. The summed E-state index contributed by atoms with van der Waals surface area (Å²) in [6.07, 6.45) is -2.59. The van der Waals surface area contributed by atoms with E-state index in [1.165, 1.54) is 5.56 Å². The highest BCUT2D eigenvalue weighted by Crippen LogP contribution is 2.30. The van der Waals surface area contributed by atoms with Gasteiger partial charge in [0.15, 0.2) is 0 Å². The van der Waals surface area contributed by atoms with Crippen LogP contribution in [0.3, 0.4) is 0 Å². The fourth-order valence-corrected chi connectivity index (χ4v) is 2.54. The van der Waals surface area contributed by atoms with Crippen molar-refractivity contribution in [3.05, 3.63) is 71.3 Å². The van der Waals surface area contributed by atoms with Crippen LogP contribution in [0.5, 0.6) is 0 Å². The minimum atomic E-state index is -4.27. The summed E-state index contributed by atoms with van der Waals surface area (Å²) in [4.78, 5) is 0. The summed E-state index contributed by atoms with van der Waals surface area (Å²) in [5.41, 5.74) is 1.55. The molecule has 1 N–H and O–H groups in total. The smallest absolute Gasteiger partial charge is 0.320 e. The minimum Gasteiger partial charge on any atom is -0.320 e. The zero-order valence-electron chi connectivity index (χ0n) is 12.9. The van der Waals surface area contributed by atoms with E-state index in [1.807, 2.05) is 25.2 Å². The van der Waals surface area contributed by atoms with Gasteiger partial charge in [-0.3, -0.25) is 0 Å². The first-order valence-corrected chi connectivity index (χ1v) is 7.36. The van der Waals surface area contributed by atoms with E-state index in [0.717, 1.165) is 37.1 Å². The number of hydrogen-bond donors (Lipinski definition) is 1. The molecular formula is C18H21ClF3N. The maximum atomic E-state index is 12.6. The van der Waals surface area contributed by atoms with E-state index < -0.39 is 11.7 Å². The SMILES string of the molecule is CNCCC(Cc1ccc(C(F)(F)F)cc1)c1ccccc1.Cl. The van der Waals surface area contributed by atoms with E-state index in [-0.39, 0.29) is 12.4 Å². The quantitative estimate of drug-likeness (QED) is 0.772. The van der Waals surface area contributed by atoms with E-state index >= 15 is 0 Å². The van der Waals surface area contributed by atoms with E-state index in [2.05, 4.69) is 17.4 Å². The lowest BCUT2D eigenvalue weighted by Crippen LogP contribution is -2.14. The number of hydrogen-bond acceptors (Lipinski definition) is 1. The summed E-state index contributed by atoms with van der Waals surface area (Å²) in [5.74, 6) is 0.297. The molecule has 2 aromatic rings. The third-order valence-corrected chi connectivity index (χ3v) is 3.78. The number of alkyl halides is 3. The van der Waals surface area contributed by atoms with Gasteiger partial charge in [0, 0.05) is 0 Å². The number of nitrogens with one attached hydrogen (secondary N) is 1. The first-order chi connectivity index (χ1) is 10.5. The van der Waals surface area contributed by atoms with E-state index in [0.29, 0.717) is 5.92 Å². The molecule has 0 aliphatic carbocycles. The molecule has 0 fully saturated rings. The van der Waals surface area contributed by atoms with Gasteiger partial charge in [-0.1, -0.05) is 42.5 Å². The molecule has 0 aliphatic heterocycles. The zero-order chi connectivity index (χ0) is 16.0. The summed E-state index contributed by atoms with van der Waals surface area (Å²) < 4.78 is 37.8. The van der Waals surface area contributed by atoms with Crippen LogP contribution < -0.4 is 5.32 Å². The summed E-state index contributed by atoms with van der Waals surface area (Å²) in [6, 6.07) is 15.6. The van der Waals surface area contributed by atoms with Gasteiger partial charge in [0.1, 0.15) is 0 Å². The van der Waals surface area contributed by atoms with E-state index in [4.69, 9.17) is 0 Å². The van der Waals surface area contributed by atoms with Crippen LogP contribution in [0.15, 0.2) is 54.6 Å². The summed E-state index contributed by atoms with van der Waals surface area (Å²) >= 11 is 0. The number of benzene rings is 2. The Morgan fingerprint density at radius 1 is 0.957 bits per heavy atom. The van der Waals surface area contributed by atoms with Gasteiger partial charge in [-0.15, -0.1) is 12.4 Å². The molecule has 1 nitrogen and oxygen atoms in total. The maximum absolute atomic E-state index is 12.6. The van der Waals surface area contributed by atoms with Crippen LogP contribution >= 0.6 is 12.4 Å². The first kappa shape index (κ1) is 19.5. The van der Waals surface area contributed by atoms with Gasteiger partial charge in [-0.2, -0.15) is 13.2 Å². The Kier molecular flexibility index (Phi) is 7.59. The molecule has 126 valence electrons. The van der Waals surface area contributed by atoms with Crippen LogP contribution in [-0.4, -0.2) is 13.6 Å². The van der Waals surface area contributed by atoms with Crippen LogP contribution in [0.4, 0.5) is 13.2 Å². The fourth-order valence-electron chi connectivity index (χ4n) is 2.54. The van der Waals surface area contributed by atoms with Gasteiger partial charge >= 0.3 is 6.18 Å². The van der Waals surface area contributed by atoms with Crippen molar-refractivity contribution in [2.45, 2.75) is 24.9 Å². The van der Waals surface area contributed by atoms with Crippen molar-refractivity contribution in [1.82, 2.24) is 5.32 Å². The maximum Gasteiger partial charge on any atom is 0.416 e. The predicted molar refractivity (Wildman–Crippen MR) is 90.1 cm³/mol. The molecule has 0 amide bonds. The van der Waals surface area contributed by atoms with Gasteiger partial charge in [-0.25, -0.2) is 0 Å². The zero-order valence-corrected chi connectivity index (χ0v) is 13.8. The molecule has 0 aliphatic rings. The molecule has 23 heavy (non-hydrogen) atoms. The lowest BCUT2D eigenvalue weighted by atomic mass is 9.89. The molecule has 1 atom stereocenters. The summed E-state index contributed by atoms with van der Waals surface area (Å²) in [7, 11) is 1.90. The molecule has 0 saturated heterocycles. The first-order valence-electron chi connectivity index (χ1n) is 7.36. The molecule has 0 heterocycles. The predicted octanol–water partition coefficient (Wildman–Crippen LogP) is 5.06. The van der Waals surface area contributed by atoms with Crippen molar-refractivity contribution in [1.29, 1.82) is 0 Å². The Balaban J connectivity index is 0.00000264. The van der Waals surface area contributed by atoms with Crippen molar-refractivity contribution in [2.75, 3.05) is 13.6 Å². The topological polar surface area (TPSA) is 12.0 Å². The van der Waals surface area contributed by atoms with Crippen LogP contribution in [0, 0.1) is 0 Å². The lowest BCUT2D eigenvalue weighted by Gasteiger charge is -2.18. The van der Waals surface area contributed by atoms with Gasteiger partial charge < -0.3 is 5.32 Å². The molecule has 0 aromatic heterocycles. The van der Waals surface area contributed by atoms with Crippen molar-refractivity contribution in [2.24, 2.45) is 0 Å². The Bertz CT molecular complexity index is 567. The standard InChI is InChI=1S/C18H20F3N.ClH/c1-22-12-11-16(15-5-3-2-4-6-15)13-14-7-9-17(10-8-14)18(19,20)21;/h2-10,16,22H,11-13H2,1H3;1H. The van der Waals surface area contributed by atoms with Crippen molar-refractivity contribution >= 4 is 12.4 Å². The van der Waals surface area contributed by atoms with Crippen LogP contribution in [0.1, 0.15) is 29.0 Å². The average molecular weight is 344 g/mol. The highest BCUT2D eigenvalue weighted by molar-refractivity contribution is 5.85. The van der Waals surface area contributed by atoms with Crippen LogP contribution in [-0.2, 0) is 12.6 Å². The van der Waals surface area contributed by atoms with Crippen molar-refractivity contribution in [3.63, 3.8) is 0 Å². The molecule has 1 unspecified atom stereocenters. The average Bonchev–Trinajstić information content (AvgIpc) is 2.52. The Hall–Kier alpha value is -1.52. The Morgan fingerprint density at radius 3 is 2.09 bits per heavy atom. The second-order valence-electron chi connectivity index (χ2n) is 5.40. The third-order valence-electron chi connectivity index (χ3n) is 3.78. The molecule has 0 radical (unpaired) electrons. The molecule has 5 heteroatoms. The molecule has 0 spiro atoms. The third kappa shape index (κ3) is 5.88. The van der Waals surface area contributed by atoms with E-state index in [9.17, 15) is 13.2 Å². The minimum absolute atomic E-state index is 0. The normalized spacial score (nSPS) is 12.5. The van der Waals surface area contributed by atoms with Gasteiger partial charge in [0.05, 0.1) is 5.56 Å².